The van der Waals surface area contributed by atoms with Crippen LogP contribution in [0.15, 0.2) is 34.2 Å². The van der Waals surface area contributed by atoms with Crippen LogP contribution in [-0.4, -0.2) is 63.5 Å². The van der Waals surface area contributed by atoms with E-state index in [9.17, 15) is 4.79 Å². The van der Waals surface area contributed by atoms with Gasteiger partial charge < -0.3 is 14.5 Å². The van der Waals surface area contributed by atoms with Crippen LogP contribution in [0.2, 0.25) is 0 Å². The van der Waals surface area contributed by atoms with Crippen LogP contribution in [0, 0.1) is 0 Å². The number of carbonyl (C=O) groups is 1. The number of nitrogens with zero attached hydrogens (tertiary/aromatic N) is 6. The third kappa shape index (κ3) is 5.56. The van der Waals surface area contributed by atoms with E-state index in [2.05, 4.69) is 27.7 Å². The van der Waals surface area contributed by atoms with Gasteiger partial charge >= 0.3 is 6.09 Å². The highest BCUT2D eigenvalue weighted by atomic mass is 32.1. The van der Waals surface area contributed by atoms with Crippen molar-refractivity contribution in [1.29, 1.82) is 0 Å². The molecule has 4 heterocycles. The molecular weight excluding hydrogens is 456 g/mol. The van der Waals surface area contributed by atoms with E-state index in [1.165, 1.54) is 11.3 Å². The van der Waals surface area contributed by atoms with Crippen molar-refractivity contribution in [2.24, 2.45) is 9.98 Å². The van der Waals surface area contributed by atoms with Crippen molar-refractivity contribution >= 4 is 62.1 Å². The summed E-state index contributed by atoms with van der Waals surface area (Å²) in [5.74, 6) is 0. The highest BCUT2D eigenvalue weighted by molar-refractivity contribution is 7.27. The number of hydrogen-bond donors (Lipinski definition) is 0. The first-order valence-corrected chi connectivity index (χ1v) is 12.4. The molecule has 0 fully saturated rings. The van der Waals surface area contributed by atoms with Crippen LogP contribution in [0.5, 0.6) is 0 Å². The van der Waals surface area contributed by atoms with Crippen LogP contribution >= 0.6 is 22.7 Å². The molecule has 2 aliphatic heterocycles. The molecule has 0 aromatic carbocycles. The standard InChI is InChI=1S/C23H28N6O2S2/c1-14-11-28(12-15(2)25-14)13-17(24-6)19-27-21-20(33-19)26-18(32-21)16-7-9-29(10-8-16)22(30)31-23(3,4)5/h7,11,13H,6,8-10,12H2,1-5H3/b17-13-. The third-order valence-electron chi connectivity index (χ3n) is 4.92. The minimum atomic E-state index is -0.493. The van der Waals surface area contributed by atoms with Gasteiger partial charge in [0.1, 0.15) is 21.3 Å². The Balaban J connectivity index is 1.48. The van der Waals surface area contributed by atoms with Gasteiger partial charge in [-0.05, 0) is 53.3 Å². The van der Waals surface area contributed by atoms with Gasteiger partial charge in [0, 0.05) is 31.2 Å². The van der Waals surface area contributed by atoms with E-state index in [-0.39, 0.29) is 6.09 Å². The number of fused-ring (bicyclic) bond motifs is 1. The van der Waals surface area contributed by atoms with Crippen LogP contribution in [-0.2, 0) is 4.74 Å². The number of rotatable bonds is 4. The first kappa shape index (κ1) is 23.3. The zero-order valence-corrected chi connectivity index (χ0v) is 21.2. The lowest BCUT2D eigenvalue weighted by Crippen LogP contribution is -2.39. The summed E-state index contributed by atoms with van der Waals surface area (Å²) in [6, 6.07) is 0. The van der Waals surface area contributed by atoms with E-state index >= 15 is 0 Å². The molecule has 0 saturated heterocycles. The molecule has 33 heavy (non-hydrogen) atoms. The minimum absolute atomic E-state index is 0.277. The van der Waals surface area contributed by atoms with Crippen molar-refractivity contribution in [1.82, 2.24) is 19.8 Å². The fraction of sp³-hybridized carbons (Fsp3) is 0.435. The van der Waals surface area contributed by atoms with Crippen LogP contribution in [0.25, 0.3) is 20.9 Å². The maximum absolute atomic E-state index is 12.3. The lowest BCUT2D eigenvalue weighted by molar-refractivity contribution is 0.0270. The molecule has 0 atom stereocenters. The summed E-state index contributed by atoms with van der Waals surface area (Å²) in [6.07, 6.45) is 6.46. The van der Waals surface area contributed by atoms with Gasteiger partial charge in [0.05, 0.1) is 12.2 Å². The molecule has 0 radical (unpaired) electrons. The summed E-state index contributed by atoms with van der Waals surface area (Å²) >= 11 is 3.08. The minimum Gasteiger partial charge on any atom is -0.444 e. The highest BCUT2D eigenvalue weighted by Crippen LogP contribution is 2.35. The fourth-order valence-corrected chi connectivity index (χ4v) is 5.65. The Morgan fingerprint density at radius 1 is 1.24 bits per heavy atom. The van der Waals surface area contributed by atoms with Crippen LogP contribution in [0.1, 0.15) is 51.1 Å². The van der Waals surface area contributed by atoms with E-state index in [4.69, 9.17) is 14.7 Å². The molecule has 0 aliphatic carbocycles. The lowest BCUT2D eigenvalue weighted by atomic mass is 10.1. The molecule has 0 saturated carbocycles. The summed E-state index contributed by atoms with van der Waals surface area (Å²) in [4.78, 5) is 36.1. The van der Waals surface area contributed by atoms with Gasteiger partial charge in [0.2, 0.25) is 0 Å². The average Bonchev–Trinajstić information content (AvgIpc) is 3.29. The molecule has 4 rings (SSSR count). The highest BCUT2D eigenvalue weighted by Gasteiger charge is 2.25. The number of carbonyl (C=O) groups excluding carboxylic acids is 1. The molecule has 10 heteroatoms. The normalized spacial score (nSPS) is 17.6. The molecule has 1 amide bonds. The molecule has 0 N–H and O–H groups in total. The second-order valence-corrected chi connectivity index (χ2v) is 11.0. The van der Waals surface area contributed by atoms with Gasteiger partial charge in [0.15, 0.2) is 9.66 Å². The van der Waals surface area contributed by atoms with Crippen molar-refractivity contribution in [2.45, 2.75) is 46.6 Å². The van der Waals surface area contributed by atoms with Gasteiger partial charge in [-0.15, -0.1) is 0 Å². The van der Waals surface area contributed by atoms with E-state index in [0.29, 0.717) is 19.6 Å². The largest absolute Gasteiger partial charge is 0.444 e. The zero-order valence-electron chi connectivity index (χ0n) is 19.6. The lowest BCUT2D eigenvalue weighted by Gasteiger charge is -2.29. The Bertz CT molecular complexity index is 1180. The van der Waals surface area contributed by atoms with Crippen molar-refractivity contribution in [2.75, 3.05) is 19.6 Å². The van der Waals surface area contributed by atoms with E-state index < -0.39 is 5.60 Å². The number of aromatic nitrogens is 2. The first-order valence-electron chi connectivity index (χ1n) is 10.7. The Labute approximate surface area is 201 Å². The summed E-state index contributed by atoms with van der Waals surface area (Å²) < 4.78 is 5.47. The molecule has 2 aliphatic rings. The van der Waals surface area contributed by atoms with Gasteiger partial charge in [-0.2, -0.15) is 0 Å². The number of hydrogen-bond acceptors (Lipinski definition) is 9. The Morgan fingerprint density at radius 3 is 2.61 bits per heavy atom. The van der Waals surface area contributed by atoms with Gasteiger partial charge in [-0.3, -0.25) is 9.98 Å². The predicted octanol–water partition coefficient (Wildman–Crippen LogP) is 5.41. The second-order valence-electron chi connectivity index (χ2n) is 9.02. The molecule has 0 bridgehead atoms. The van der Waals surface area contributed by atoms with Crippen molar-refractivity contribution in [3.05, 3.63) is 34.2 Å². The van der Waals surface area contributed by atoms with Crippen LogP contribution in [0.4, 0.5) is 4.79 Å². The van der Waals surface area contributed by atoms with E-state index in [1.807, 2.05) is 47.0 Å². The Kier molecular flexibility index (Phi) is 6.49. The molecule has 2 aromatic heterocycles. The molecule has 0 unspecified atom stereocenters. The van der Waals surface area contributed by atoms with E-state index in [0.717, 1.165) is 48.8 Å². The molecule has 174 valence electrons. The number of amides is 1. The first-order chi connectivity index (χ1) is 15.6. The summed E-state index contributed by atoms with van der Waals surface area (Å²) in [6.45, 7) is 15.2. The Hall–Kier alpha value is -2.85. The van der Waals surface area contributed by atoms with Crippen molar-refractivity contribution in [3.8, 4) is 0 Å². The maximum atomic E-state index is 12.3. The number of allylic oxidation sites excluding steroid dienone is 1. The topological polar surface area (TPSA) is 83.3 Å². The van der Waals surface area contributed by atoms with E-state index in [1.54, 1.807) is 16.2 Å². The SMILES string of the molecule is C=N/C(=C\N1C=C(C)N=C(C)C1)c1nc2sc(C3=CCN(C(=O)OC(C)(C)C)CC3)nc2s1. The second kappa shape index (κ2) is 9.18. The van der Waals surface area contributed by atoms with Crippen LogP contribution < -0.4 is 0 Å². The average molecular weight is 485 g/mol. The molecule has 8 nitrogen and oxygen atoms in total. The van der Waals surface area contributed by atoms with Crippen molar-refractivity contribution < 1.29 is 9.53 Å². The number of thiazole rings is 2. The predicted molar refractivity (Wildman–Crippen MR) is 137 cm³/mol. The number of ether oxygens (including phenoxy) is 1. The van der Waals surface area contributed by atoms with Crippen LogP contribution in [0.3, 0.4) is 0 Å². The molecule has 2 aromatic rings. The zero-order chi connectivity index (χ0) is 23.8. The quantitative estimate of drug-likeness (QED) is 0.542. The fourth-order valence-electron chi connectivity index (χ4n) is 3.56. The summed E-state index contributed by atoms with van der Waals surface area (Å²) in [7, 11) is 0. The van der Waals surface area contributed by atoms with Gasteiger partial charge in [-0.25, -0.2) is 14.8 Å². The van der Waals surface area contributed by atoms with Gasteiger partial charge in [-0.1, -0.05) is 28.7 Å². The Morgan fingerprint density at radius 2 is 2.00 bits per heavy atom. The smallest absolute Gasteiger partial charge is 0.410 e. The number of aliphatic imine (C=N–C) groups is 2. The maximum Gasteiger partial charge on any atom is 0.410 e. The molecule has 0 spiro atoms. The third-order valence-corrected chi connectivity index (χ3v) is 7.05. The summed E-state index contributed by atoms with van der Waals surface area (Å²) in [5, 5.41) is 1.75. The monoisotopic (exact) mass is 484 g/mol. The van der Waals surface area contributed by atoms with Gasteiger partial charge in [0.25, 0.3) is 0 Å². The molecular formula is C23H28N6O2S2. The van der Waals surface area contributed by atoms with Crippen molar-refractivity contribution in [3.63, 3.8) is 0 Å². The summed E-state index contributed by atoms with van der Waals surface area (Å²) in [5.41, 5.74) is 3.37.